The van der Waals surface area contributed by atoms with Gasteiger partial charge in [0.15, 0.2) is 5.82 Å². The number of anilines is 2. The Bertz CT molecular complexity index is 1340. The van der Waals surface area contributed by atoms with Crippen LogP contribution in [-0.4, -0.2) is 38.2 Å². The lowest BCUT2D eigenvalue weighted by Gasteiger charge is -2.13. The minimum atomic E-state index is -0.641. The van der Waals surface area contributed by atoms with Crippen LogP contribution in [-0.2, 0) is 6.54 Å². The maximum Gasteiger partial charge on any atom is 0.254 e. The van der Waals surface area contributed by atoms with E-state index in [1.807, 2.05) is 16.8 Å². The molecule has 0 spiro atoms. The number of nitrogens with one attached hydrogen (secondary N) is 2. The van der Waals surface area contributed by atoms with E-state index < -0.39 is 11.7 Å². The van der Waals surface area contributed by atoms with Crippen molar-refractivity contribution < 1.29 is 19.0 Å². The normalized spacial score (nSPS) is 11.1. The molecule has 8 nitrogen and oxygen atoms in total. The summed E-state index contributed by atoms with van der Waals surface area (Å²) in [7, 11) is 0. The second kappa shape index (κ2) is 10.1. The van der Waals surface area contributed by atoms with E-state index in [0.29, 0.717) is 28.8 Å². The Morgan fingerprint density at radius 3 is 2.76 bits per heavy atom. The smallest absolute Gasteiger partial charge is 0.254 e. The lowest BCUT2D eigenvalue weighted by Crippen LogP contribution is -2.30. The molecule has 0 saturated carbocycles. The van der Waals surface area contributed by atoms with Crippen LogP contribution in [0.1, 0.15) is 24.2 Å². The Labute approximate surface area is 200 Å². The van der Waals surface area contributed by atoms with Gasteiger partial charge in [0.2, 0.25) is 0 Å². The van der Waals surface area contributed by atoms with Crippen molar-refractivity contribution in [3.8, 4) is 11.5 Å². The summed E-state index contributed by atoms with van der Waals surface area (Å²) in [6, 6.07) is 10.7. The molecule has 0 bridgehead atoms. The molecule has 0 atom stereocenters. The second-order valence-corrected chi connectivity index (χ2v) is 8.24. The van der Waals surface area contributed by atoms with Gasteiger partial charge < -0.3 is 25.0 Å². The lowest BCUT2D eigenvalue weighted by atomic mass is 10.1. The summed E-state index contributed by atoms with van der Waals surface area (Å²) in [4.78, 5) is 20.8. The Balaban J connectivity index is 1.55. The SMILES string of the molecule is CC(C)NC(=O)c1cc(Oc2ccc(Nc3ncnc4ccn(CCO)c34)cc2Cl)ccc1F. The first-order chi connectivity index (χ1) is 16.4. The molecule has 0 radical (unpaired) electrons. The van der Waals surface area contributed by atoms with E-state index in [1.54, 1.807) is 32.0 Å². The van der Waals surface area contributed by atoms with Crippen molar-refractivity contribution in [1.82, 2.24) is 19.9 Å². The zero-order chi connectivity index (χ0) is 24.2. The van der Waals surface area contributed by atoms with Gasteiger partial charge in [-0.1, -0.05) is 11.6 Å². The van der Waals surface area contributed by atoms with Gasteiger partial charge in [-0.2, -0.15) is 0 Å². The van der Waals surface area contributed by atoms with Crippen LogP contribution in [0, 0.1) is 5.82 Å². The number of carbonyl (C=O) groups is 1. The van der Waals surface area contributed by atoms with Crippen LogP contribution >= 0.6 is 11.6 Å². The van der Waals surface area contributed by atoms with Crippen molar-refractivity contribution in [2.24, 2.45) is 0 Å². The molecular weight excluding hydrogens is 461 g/mol. The van der Waals surface area contributed by atoms with E-state index in [-0.39, 0.29) is 24.0 Å². The third-order valence-corrected chi connectivity index (χ3v) is 5.21. The fraction of sp³-hybridized carbons (Fsp3) is 0.208. The number of hydrogen-bond acceptors (Lipinski definition) is 6. The van der Waals surface area contributed by atoms with Crippen molar-refractivity contribution >= 4 is 40.0 Å². The van der Waals surface area contributed by atoms with Crippen molar-refractivity contribution in [3.05, 3.63) is 71.4 Å². The summed E-state index contributed by atoms with van der Waals surface area (Å²) in [6.45, 7) is 3.98. The Morgan fingerprint density at radius 1 is 1.21 bits per heavy atom. The van der Waals surface area contributed by atoms with Crippen LogP contribution in [0.4, 0.5) is 15.9 Å². The highest BCUT2D eigenvalue weighted by molar-refractivity contribution is 6.32. The van der Waals surface area contributed by atoms with E-state index in [0.717, 1.165) is 11.0 Å². The van der Waals surface area contributed by atoms with Gasteiger partial charge in [-0.25, -0.2) is 14.4 Å². The third-order valence-electron chi connectivity index (χ3n) is 4.92. The number of aliphatic hydroxyl groups excluding tert-OH is 1. The monoisotopic (exact) mass is 483 g/mol. The van der Waals surface area contributed by atoms with Crippen molar-refractivity contribution in [1.29, 1.82) is 0 Å². The van der Waals surface area contributed by atoms with Gasteiger partial charge in [0, 0.05) is 24.5 Å². The molecule has 3 N–H and O–H groups in total. The molecule has 10 heteroatoms. The molecule has 2 heterocycles. The van der Waals surface area contributed by atoms with Crippen LogP contribution < -0.4 is 15.4 Å². The second-order valence-electron chi connectivity index (χ2n) is 7.83. The molecule has 2 aromatic carbocycles. The summed E-state index contributed by atoms with van der Waals surface area (Å²) in [5, 5.41) is 15.5. The average molecular weight is 484 g/mol. The number of hydrogen-bond donors (Lipinski definition) is 3. The van der Waals surface area contributed by atoms with Crippen LogP contribution in [0.25, 0.3) is 11.0 Å². The van der Waals surface area contributed by atoms with Gasteiger partial charge >= 0.3 is 0 Å². The van der Waals surface area contributed by atoms with Gasteiger partial charge in [0.05, 0.1) is 22.7 Å². The predicted octanol–water partition coefficient (Wildman–Crippen LogP) is 4.89. The fourth-order valence-corrected chi connectivity index (χ4v) is 3.64. The van der Waals surface area contributed by atoms with Gasteiger partial charge in [0.25, 0.3) is 5.91 Å². The minimum Gasteiger partial charge on any atom is -0.456 e. The molecular formula is C24H23ClFN5O3. The van der Waals surface area contributed by atoms with Crippen LogP contribution in [0.2, 0.25) is 5.02 Å². The van der Waals surface area contributed by atoms with Crippen LogP contribution in [0.15, 0.2) is 55.0 Å². The minimum absolute atomic E-state index is 0.0137. The quantitative estimate of drug-likeness (QED) is 0.330. The van der Waals surface area contributed by atoms with Gasteiger partial charge in [-0.15, -0.1) is 0 Å². The number of aliphatic hydroxyl groups is 1. The summed E-state index contributed by atoms with van der Waals surface area (Å²) < 4.78 is 21.8. The topological polar surface area (TPSA) is 101 Å². The van der Waals surface area contributed by atoms with E-state index >= 15 is 0 Å². The number of halogens is 2. The molecule has 4 rings (SSSR count). The van der Waals surface area contributed by atoms with E-state index in [1.165, 1.54) is 24.5 Å². The highest BCUT2D eigenvalue weighted by Crippen LogP contribution is 2.34. The molecule has 0 aliphatic rings. The highest BCUT2D eigenvalue weighted by atomic mass is 35.5. The summed E-state index contributed by atoms with van der Waals surface area (Å²) in [5.41, 5.74) is 2.04. The Morgan fingerprint density at radius 2 is 2.03 bits per heavy atom. The molecule has 1 amide bonds. The number of rotatable bonds is 8. The molecule has 0 fully saturated rings. The number of carbonyl (C=O) groups excluding carboxylic acids is 1. The van der Waals surface area contributed by atoms with Crippen molar-refractivity contribution in [2.75, 3.05) is 11.9 Å². The predicted molar refractivity (Wildman–Crippen MR) is 128 cm³/mol. The molecule has 0 unspecified atom stereocenters. The largest absolute Gasteiger partial charge is 0.456 e. The molecule has 4 aromatic rings. The Hall–Kier alpha value is -3.69. The van der Waals surface area contributed by atoms with Crippen LogP contribution in [0.3, 0.4) is 0 Å². The number of amides is 1. The van der Waals surface area contributed by atoms with Crippen molar-refractivity contribution in [3.63, 3.8) is 0 Å². The average Bonchev–Trinajstić information content (AvgIpc) is 3.20. The van der Waals surface area contributed by atoms with Gasteiger partial charge in [0.1, 0.15) is 29.2 Å². The molecule has 176 valence electrons. The summed E-state index contributed by atoms with van der Waals surface area (Å²) >= 11 is 6.44. The number of fused-ring (bicyclic) bond motifs is 1. The number of ether oxygens (including phenoxy) is 1. The lowest BCUT2D eigenvalue weighted by molar-refractivity contribution is 0.0938. The van der Waals surface area contributed by atoms with E-state index in [2.05, 4.69) is 20.6 Å². The summed E-state index contributed by atoms with van der Waals surface area (Å²) in [5.74, 6) is 0.0132. The molecule has 0 aliphatic carbocycles. The number of nitrogens with zero attached hydrogens (tertiary/aromatic N) is 3. The van der Waals surface area contributed by atoms with Gasteiger partial charge in [-0.05, 0) is 56.3 Å². The molecule has 34 heavy (non-hydrogen) atoms. The third kappa shape index (κ3) is 5.11. The standard InChI is InChI=1S/C24H23ClFN5O3/c1-14(2)29-24(33)17-12-16(4-5-19(17)26)34-21-6-3-15(11-18(21)25)30-23-22-20(27-13-28-23)7-8-31(22)9-10-32/h3-8,11-14,32H,9-10H2,1-2H3,(H,29,33)(H,27,28,30). The zero-order valence-corrected chi connectivity index (χ0v) is 19.3. The number of benzene rings is 2. The maximum atomic E-state index is 14.1. The summed E-state index contributed by atoms with van der Waals surface area (Å²) in [6.07, 6.45) is 3.29. The van der Waals surface area contributed by atoms with E-state index in [9.17, 15) is 14.3 Å². The first-order valence-corrected chi connectivity index (χ1v) is 11.0. The molecule has 0 aliphatic heterocycles. The van der Waals surface area contributed by atoms with E-state index in [4.69, 9.17) is 16.3 Å². The maximum absolute atomic E-state index is 14.1. The van der Waals surface area contributed by atoms with Crippen LogP contribution in [0.5, 0.6) is 11.5 Å². The first kappa shape index (κ1) is 23.5. The fourth-order valence-electron chi connectivity index (χ4n) is 3.43. The first-order valence-electron chi connectivity index (χ1n) is 10.6. The van der Waals surface area contributed by atoms with Gasteiger partial charge in [-0.3, -0.25) is 4.79 Å². The molecule has 0 saturated heterocycles. The zero-order valence-electron chi connectivity index (χ0n) is 18.5. The highest BCUT2D eigenvalue weighted by Gasteiger charge is 2.15. The number of aromatic nitrogens is 3. The van der Waals surface area contributed by atoms with Crippen molar-refractivity contribution in [2.45, 2.75) is 26.4 Å². The Kier molecular flexibility index (Phi) is 6.95. The molecule has 2 aromatic heterocycles.